The maximum Gasteiger partial charge on any atom is 0.336 e. The Morgan fingerprint density at radius 2 is 1.92 bits per heavy atom. The van der Waals surface area contributed by atoms with Crippen molar-refractivity contribution < 1.29 is 14.3 Å². The van der Waals surface area contributed by atoms with Gasteiger partial charge in [0.1, 0.15) is 18.1 Å². The predicted molar refractivity (Wildman–Crippen MR) is 98.7 cm³/mol. The number of esters is 1. The number of rotatable bonds is 6. The van der Waals surface area contributed by atoms with Gasteiger partial charge in [-0.25, -0.2) is 9.78 Å². The summed E-state index contributed by atoms with van der Waals surface area (Å²) in [5, 5.41) is 3.01. The highest BCUT2D eigenvalue weighted by atomic mass is 32.1. The van der Waals surface area contributed by atoms with Gasteiger partial charge in [-0.15, -0.1) is 11.3 Å². The summed E-state index contributed by atoms with van der Waals surface area (Å²) in [6, 6.07) is 16.5. The molecule has 25 heavy (non-hydrogen) atoms. The molecule has 2 aromatic carbocycles. The van der Waals surface area contributed by atoms with Gasteiger partial charge in [-0.3, -0.25) is 0 Å². The first-order valence-electron chi connectivity index (χ1n) is 7.78. The van der Waals surface area contributed by atoms with Gasteiger partial charge in [0.05, 0.1) is 10.7 Å². The molecule has 5 heteroatoms. The third-order valence-corrected chi connectivity index (χ3v) is 4.11. The van der Waals surface area contributed by atoms with Crippen molar-refractivity contribution in [3.8, 4) is 11.5 Å². The first-order chi connectivity index (χ1) is 12.2. The highest BCUT2D eigenvalue weighted by Gasteiger charge is 2.02. The van der Waals surface area contributed by atoms with E-state index in [1.54, 1.807) is 29.5 Å². The number of aryl methyl sites for hydroxylation is 1. The molecule has 0 bridgehead atoms. The summed E-state index contributed by atoms with van der Waals surface area (Å²) in [5.74, 6) is 0.826. The second-order valence-corrected chi connectivity index (χ2v) is 6.35. The van der Waals surface area contributed by atoms with Gasteiger partial charge in [-0.1, -0.05) is 30.3 Å². The Morgan fingerprint density at radius 1 is 1.12 bits per heavy atom. The lowest BCUT2D eigenvalue weighted by molar-refractivity contribution is -0.128. The average molecular weight is 351 g/mol. The van der Waals surface area contributed by atoms with Crippen molar-refractivity contribution in [1.82, 2.24) is 4.98 Å². The number of hydrogen-bond acceptors (Lipinski definition) is 5. The van der Waals surface area contributed by atoms with Crippen LogP contribution in [0, 0.1) is 6.92 Å². The number of para-hydroxylation sites is 1. The lowest BCUT2D eigenvalue weighted by Crippen LogP contribution is -2.03. The zero-order chi connectivity index (χ0) is 17.5. The summed E-state index contributed by atoms with van der Waals surface area (Å²) in [5.41, 5.74) is 1.77. The van der Waals surface area contributed by atoms with E-state index in [1.165, 1.54) is 6.08 Å². The molecular formula is C20H17NO3S. The highest BCUT2D eigenvalue weighted by Crippen LogP contribution is 2.17. The van der Waals surface area contributed by atoms with E-state index in [4.69, 9.17) is 9.47 Å². The normalized spacial score (nSPS) is 10.8. The van der Waals surface area contributed by atoms with E-state index in [-0.39, 0.29) is 0 Å². The maximum absolute atomic E-state index is 11.8. The fourth-order valence-corrected chi connectivity index (χ4v) is 2.74. The number of carbonyl (C=O) groups excluding carboxylic acids is 1. The summed E-state index contributed by atoms with van der Waals surface area (Å²) in [7, 11) is 0. The van der Waals surface area contributed by atoms with Crippen LogP contribution in [0.5, 0.6) is 11.5 Å². The fraction of sp³-hybridized carbons (Fsp3) is 0.100. The summed E-state index contributed by atoms with van der Waals surface area (Å²) in [6.45, 7) is 2.39. The van der Waals surface area contributed by atoms with Crippen LogP contribution in [-0.2, 0) is 11.4 Å². The van der Waals surface area contributed by atoms with Gasteiger partial charge in [0.15, 0.2) is 0 Å². The van der Waals surface area contributed by atoms with Crippen LogP contribution >= 0.6 is 11.3 Å². The number of hydrogen-bond donors (Lipinski definition) is 0. The van der Waals surface area contributed by atoms with Gasteiger partial charge in [-0.2, -0.15) is 0 Å². The van der Waals surface area contributed by atoms with E-state index in [9.17, 15) is 4.79 Å². The Kier molecular flexibility index (Phi) is 5.59. The standard InChI is InChI=1S/C20H17NO3S/c1-15-21-17(14-25-15)13-23-19-9-5-6-16(12-19)10-11-20(22)24-18-7-3-2-4-8-18/h2-12,14H,13H2,1H3/b11-10+. The van der Waals surface area contributed by atoms with Crippen molar-refractivity contribution >= 4 is 23.4 Å². The molecule has 0 atom stereocenters. The molecule has 0 aliphatic carbocycles. The summed E-state index contributed by atoms with van der Waals surface area (Å²) in [6.07, 6.45) is 3.10. The first-order valence-corrected chi connectivity index (χ1v) is 8.66. The topological polar surface area (TPSA) is 48.4 Å². The molecule has 4 nitrogen and oxygen atoms in total. The number of aromatic nitrogens is 1. The molecule has 0 unspecified atom stereocenters. The van der Waals surface area contributed by atoms with Crippen LogP contribution in [0.1, 0.15) is 16.3 Å². The zero-order valence-electron chi connectivity index (χ0n) is 13.7. The minimum atomic E-state index is -0.421. The summed E-state index contributed by atoms with van der Waals surface area (Å²) < 4.78 is 11.0. The van der Waals surface area contributed by atoms with E-state index in [0.29, 0.717) is 12.4 Å². The summed E-state index contributed by atoms with van der Waals surface area (Å²) in [4.78, 5) is 16.2. The Bertz CT molecular complexity index is 871. The fourth-order valence-electron chi connectivity index (χ4n) is 2.14. The third-order valence-electron chi connectivity index (χ3n) is 3.28. The molecule has 0 amide bonds. The Balaban J connectivity index is 1.58. The molecule has 0 fully saturated rings. The van der Waals surface area contributed by atoms with Crippen LogP contribution in [0.25, 0.3) is 6.08 Å². The van der Waals surface area contributed by atoms with Gasteiger partial charge in [0.2, 0.25) is 0 Å². The number of ether oxygens (including phenoxy) is 2. The van der Waals surface area contributed by atoms with Gasteiger partial charge < -0.3 is 9.47 Å². The van der Waals surface area contributed by atoms with Crippen molar-refractivity contribution in [3.05, 3.63) is 82.3 Å². The van der Waals surface area contributed by atoms with Crippen molar-refractivity contribution in [2.75, 3.05) is 0 Å². The Morgan fingerprint density at radius 3 is 2.68 bits per heavy atom. The van der Waals surface area contributed by atoms with Crippen molar-refractivity contribution in [2.24, 2.45) is 0 Å². The van der Waals surface area contributed by atoms with Crippen molar-refractivity contribution in [3.63, 3.8) is 0 Å². The molecule has 0 spiro atoms. The molecule has 3 rings (SSSR count). The molecule has 1 aromatic heterocycles. The van der Waals surface area contributed by atoms with E-state index in [2.05, 4.69) is 4.98 Å². The molecule has 0 aliphatic heterocycles. The molecule has 0 saturated heterocycles. The van der Waals surface area contributed by atoms with E-state index in [1.807, 2.05) is 54.8 Å². The molecule has 1 heterocycles. The van der Waals surface area contributed by atoms with Crippen LogP contribution in [0.4, 0.5) is 0 Å². The van der Waals surface area contributed by atoms with Crippen molar-refractivity contribution in [1.29, 1.82) is 0 Å². The second kappa shape index (κ2) is 8.26. The molecule has 0 aliphatic rings. The Labute approximate surface area is 150 Å². The number of carbonyl (C=O) groups is 1. The van der Waals surface area contributed by atoms with Gasteiger partial charge >= 0.3 is 5.97 Å². The van der Waals surface area contributed by atoms with Gasteiger partial charge in [0.25, 0.3) is 0 Å². The van der Waals surface area contributed by atoms with Crippen LogP contribution in [0.2, 0.25) is 0 Å². The van der Waals surface area contributed by atoms with E-state index < -0.39 is 5.97 Å². The number of nitrogens with zero attached hydrogens (tertiary/aromatic N) is 1. The van der Waals surface area contributed by atoms with E-state index in [0.717, 1.165) is 22.0 Å². The van der Waals surface area contributed by atoms with Crippen molar-refractivity contribution in [2.45, 2.75) is 13.5 Å². The minimum Gasteiger partial charge on any atom is -0.487 e. The SMILES string of the molecule is Cc1nc(COc2cccc(/C=C/C(=O)Oc3ccccc3)c2)cs1. The molecule has 0 saturated carbocycles. The molecule has 0 radical (unpaired) electrons. The van der Waals surface area contributed by atoms with Crippen LogP contribution in [-0.4, -0.2) is 11.0 Å². The molecule has 126 valence electrons. The quantitative estimate of drug-likeness (QED) is 0.368. The number of benzene rings is 2. The second-order valence-electron chi connectivity index (χ2n) is 5.29. The lowest BCUT2D eigenvalue weighted by Gasteiger charge is -2.05. The largest absolute Gasteiger partial charge is 0.487 e. The third kappa shape index (κ3) is 5.29. The highest BCUT2D eigenvalue weighted by molar-refractivity contribution is 7.09. The molecular weight excluding hydrogens is 334 g/mol. The van der Waals surface area contributed by atoms with Crippen LogP contribution in [0.15, 0.2) is 66.1 Å². The smallest absolute Gasteiger partial charge is 0.336 e. The van der Waals surface area contributed by atoms with Gasteiger partial charge in [-0.05, 0) is 42.8 Å². The average Bonchev–Trinajstić information content (AvgIpc) is 3.05. The molecule has 3 aromatic rings. The Hall–Kier alpha value is -2.92. The van der Waals surface area contributed by atoms with E-state index >= 15 is 0 Å². The minimum absolute atomic E-state index is 0.421. The zero-order valence-corrected chi connectivity index (χ0v) is 14.5. The van der Waals surface area contributed by atoms with Crippen LogP contribution in [0.3, 0.4) is 0 Å². The molecule has 0 N–H and O–H groups in total. The predicted octanol–water partition coefficient (Wildman–Crippen LogP) is 4.65. The monoisotopic (exact) mass is 351 g/mol. The summed E-state index contributed by atoms with van der Waals surface area (Å²) >= 11 is 1.60. The lowest BCUT2D eigenvalue weighted by atomic mass is 10.2. The number of thiazole rings is 1. The van der Waals surface area contributed by atoms with Gasteiger partial charge in [0, 0.05) is 11.5 Å². The first kappa shape index (κ1) is 16.9. The van der Waals surface area contributed by atoms with Crippen LogP contribution < -0.4 is 9.47 Å². The maximum atomic E-state index is 11.8.